The zero-order valence-electron chi connectivity index (χ0n) is 24.1. The Bertz CT molecular complexity index is 1260. The third-order valence-electron chi connectivity index (χ3n) is 8.40. The van der Waals surface area contributed by atoms with Gasteiger partial charge in [-0.1, -0.05) is 36.4 Å². The summed E-state index contributed by atoms with van der Waals surface area (Å²) in [6.07, 6.45) is -3.04. The van der Waals surface area contributed by atoms with Crippen molar-refractivity contribution in [3.8, 4) is 0 Å². The van der Waals surface area contributed by atoms with Crippen molar-refractivity contribution in [2.24, 2.45) is 0 Å². The molecule has 0 aliphatic carbocycles. The number of hydrogen-bond acceptors (Lipinski definition) is 7. The molecule has 3 aliphatic rings. The van der Waals surface area contributed by atoms with Crippen molar-refractivity contribution in [2.45, 2.75) is 75.5 Å². The van der Waals surface area contributed by atoms with Crippen molar-refractivity contribution < 1.29 is 42.1 Å². The number of nitrogens with one attached hydrogen (secondary N) is 1. The van der Waals surface area contributed by atoms with E-state index in [4.69, 9.17) is 14.2 Å². The van der Waals surface area contributed by atoms with Gasteiger partial charge in [-0.15, -0.1) is 0 Å². The molecule has 3 saturated heterocycles. The molecule has 2 N–H and O–H groups in total. The van der Waals surface area contributed by atoms with E-state index in [-0.39, 0.29) is 31.8 Å². The number of benzene rings is 2. The number of likely N-dealkylation sites (tertiary alicyclic amines) is 2. The van der Waals surface area contributed by atoms with Gasteiger partial charge in [-0.05, 0) is 55.5 Å². The number of methoxy groups -OCH3 is 1. The number of aliphatic hydroxyl groups excluding tert-OH is 1. The first-order valence-electron chi connectivity index (χ1n) is 14.7. The molecule has 3 heterocycles. The van der Waals surface area contributed by atoms with E-state index in [0.29, 0.717) is 48.2 Å². The summed E-state index contributed by atoms with van der Waals surface area (Å²) in [7, 11) is 1.70. The van der Waals surface area contributed by atoms with Gasteiger partial charge in [-0.2, -0.15) is 13.2 Å². The minimum atomic E-state index is -5.04. The quantitative estimate of drug-likeness (QED) is 0.439. The van der Waals surface area contributed by atoms with Crippen molar-refractivity contribution in [3.63, 3.8) is 0 Å². The molecule has 12 heteroatoms. The van der Waals surface area contributed by atoms with E-state index in [2.05, 4.69) is 10.2 Å². The first-order chi connectivity index (χ1) is 20.7. The third-order valence-corrected chi connectivity index (χ3v) is 8.40. The Labute approximate surface area is 248 Å². The van der Waals surface area contributed by atoms with E-state index < -0.39 is 30.3 Å². The van der Waals surface area contributed by atoms with Crippen LogP contribution in [0.5, 0.6) is 0 Å². The van der Waals surface area contributed by atoms with Crippen LogP contribution in [0.1, 0.15) is 61.2 Å². The Morgan fingerprint density at radius 1 is 1.05 bits per heavy atom. The minimum Gasteiger partial charge on any atom is -0.392 e. The molecule has 3 aliphatic heterocycles. The summed E-state index contributed by atoms with van der Waals surface area (Å²) in [6, 6.07) is 13.6. The van der Waals surface area contributed by atoms with Gasteiger partial charge in [0.15, 0.2) is 6.29 Å². The molecule has 5 rings (SSSR count). The van der Waals surface area contributed by atoms with Gasteiger partial charge in [-0.25, -0.2) is 0 Å². The summed E-state index contributed by atoms with van der Waals surface area (Å²) >= 11 is 0. The average Bonchev–Trinajstić information content (AvgIpc) is 3.66. The molecule has 5 unspecified atom stereocenters. The zero-order chi connectivity index (χ0) is 30.6. The van der Waals surface area contributed by atoms with E-state index in [9.17, 15) is 27.9 Å². The average molecular weight is 606 g/mol. The summed E-state index contributed by atoms with van der Waals surface area (Å²) in [5, 5.41) is 12.2. The van der Waals surface area contributed by atoms with Gasteiger partial charge >= 0.3 is 12.1 Å². The number of ether oxygens (including phenoxy) is 3. The number of halogens is 3. The van der Waals surface area contributed by atoms with Crippen LogP contribution >= 0.6 is 0 Å². The number of hydrogen-bond donors (Lipinski definition) is 2. The van der Waals surface area contributed by atoms with Crippen molar-refractivity contribution >= 4 is 17.5 Å². The van der Waals surface area contributed by atoms with Crippen molar-refractivity contribution in [1.82, 2.24) is 9.80 Å². The highest BCUT2D eigenvalue weighted by molar-refractivity contribution is 5.98. The second-order valence-corrected chi connectivity index (χ2v) is 11.4. The smallest absolute Gasteiger partial charge is 0.392 e. The highest BCUT2D eigenvalue weighted by atomic mass is 19.4. The molecule has 234 valence electrons. The Morgan fingerprint density at radius 2 is 1.81 bits per heavy atom. The van der Waals surface area contributed by atoms with Crippen LogP contribution in [0.25, 0.3) is 0 Å². The Kier molecular flexibility index (Phi) is 10.0. The van der Waals surface area contributed by atoms with Crippen LogP contribution in [0.15, 0.2) is 48.5 Å². The zero-order valence-corrected chi connectivity index (χ0v) is 24.1. The molecule has 0 bridgehead atoms. The highest BCUT2D eigenvalue weighted by Gasteiger charge is 2.47. The van der Waals surface area contributed by atoms with Crippen LogP contribution in [-0.4, -0.2) is 84.4 Å². The second-order valence-electron chi connectivity index (χ2n) is 11.4. The lowest BCUT2D eigenvalue weighted by Gasteiger charge is -2.39. The number of nitrogens with zero attached hydrogens (tertiary/aromatic N) is 2. The SMILES string of the molecule is COCC1CCCN1CC1CC(c2ccc(CO)cc2)OC(c2cccc(NC(=O)C3CCCN3C(=O)C(F)(F)F)c2)O1. The fraction of sp³-hybridized carbons (Fsp3) is 0.548. The minimum absolute atomic E-state index is 0.0580. The van der Waals surface area contributed by atoms with E-state index in [0.717, 1.165) is 30.5 Å². The molecule has 2 aromatic rings. The van der Waals surface area contributed by atoms with Gasteiger partial charge in [0.1, 0.15) is 6.04 Å². The maximum absolute atomic E-state index is 13.1. The normalized spacial score (nSPS) is 26.5. The number of aliphatic hydroxyl groups is 1. The molecule has 9 nitrogen and oxygen atoms in total. The first kappa shape index (κ1) is 31.4. The van der Waals surface area contributed by atoms with E-state index in [1.54, 1.807) is 25.3 Å². The van der Waals surface area contributed by atoms with Gasteiger partial charge in [0.25, 0.3) is 0 Å². The van der Waals surface area contributed by atoms with Gasteiger partial charge in [0.2, 0.25) is 5.91 Å². The maximum Gasteiger partial charge on any atom is 0.471 e. The fourth-order valence-corrected chi connectivity index (χ4v) is 6.24. The molecule has 43 heavy (non-hydrogen) atoms. The van der Waals surface area contributed by atoms with Crippen LogP contribution in [0, 0.1) is 0 Å². The van der Waals surface area contributed by atoms with Crippen molar-refractivity contribution in [3.05, 3.63) is 65.2 Å². The number of rotatable bonds is 9. The van der Waals surface area contributed by atoms with Gasteiger partial charge in [0.05, 0.1) is 25.4 Å². The van der Waals surface area contributed by atoms with Crippen molar-refractivity contribution in [2.75, 3.05) is 38.7 Å². The number of alkyl halides is 3. The van der Waals surface area contributed by atoms with Crippen LogP contribution < -0.4 is 5.32 Å². The van der Waals surface area contributed by atoms with Crippen LogP contribution in [0.4, 0.5) is 18.9 Å². The number of anilines is 1. The second kappa shape index (κ2) is 13.7. The lowest BCUT2D eigenvalue weighted by Crippen LogP contribution is -2.48. The molecule has 3 fully saturated rings. The lowest BCUT2D eigenvalue weighted by molar-refractivity contribution is -0.253. The summed E-state index contributed by atoms with van der Waals surface area (Å²) in [5.74, 6) is -2.67. The highest BCUT2D eigenvalue weighted by Crippen LogP contribution is 2.39. The monoisotopic (exact) mass is 605 g/mol. The number of carbonyl (C=O) groups is 2. The molecular weight excluding hydrogens is 567 g/mol. The standard InChI is InChI=1S/C31H38F3N3O6/c1-41-19-24-7-3-13-36(24)17-25-16-27(21-11-9-20(18-38)10-12-21)43-29(42-25)22-5-2-6-23(15-22)35-28(39)26-8-4-14-37(26)30(40)31(32,33)34/h2,5-6,9-12,15,24-27,29,38H,3-4,7-8,13-14,16-19H2,1H3,(H,35,39). The van der Waals surface area contributed by atoms with Gasteiger partial charge in [-0.3, -0.25) is 14.5 Å². The number of amides is 2. The van der Waals surface area contributed by atoms with Crippen LogP contribution in [0.2, 0.25) is 0 Å². The topological polar surface area (TPSA) is 101 Å². The Balaban J connectivity index is 1.33. The fourth-order valence-electron chi connectivity index (χ4n) is 6.24. The first-order valence-corrected chi connectivity index (χ1v) is 14.7. The molecule has 0 saturated carbocycles. The predicted molar refractivity (Wildman–Crippen MR) is 151 cm³/mol. The van der Waals surface area contributed by atoms with Gasteiger partial charge < -0.3 is 29.5 Å². The Hall–Kier alpha value is -3.03. The summed E-state index contributed by atoms with van der Waals surface area (Å²) in [5.41, 5.74) is 2.76. The molecule has 5 atom stereocenters. The molecule has 0 spiro atoms. The van der Waals surface area contributed by atoms with E-state index >= 15 is 0 Å². The third kappa shape index (κ3) is 7.55. The number of carbonyl (C=O) groups excluding carboxylic acids is 2. The summed E-state index contributed by atoms with van der Waals surface area (Å²) < 4.78 is 57.5. The van der Waals surface area contributed by atoms with E-state index in [1.165, 1.54) is 0 Å². The summed E-state index contributed by atoms with van der Waals surface area (Å²) in [4.78, 5) is 27.8. The summed E-state index contributed by atoms with van der Waals surface area (Å²) in [6.45, 7) is 2.11. The largest absolute Gasteiger partial charge is 0.471 e. The molecule has 0 radical (unpaired) electrons. The molecule has 0 aromatic heterocycles. The van der Waals surface area contributed by atoms with E-state index in [1.807, 2.05) is 30.3 Å². The van der Waals surface area contributed by atoms with Crippen LogP contribution in [0.3, 0.4) is 0 Å². The predicted octanol–water partition coefficient (Wildman–Crippen LogP) is 4.33. The molecular formula is C31H38F3N3O6. The molecule has 2 amide bonds. The molecule has 2 aromatic carbocycles. The Morgan fingerprint density at radius 3 is 2.53 bits per heavy atom. The maximum atomic E-state index is 13.1. The lowest BCUT2D eigenvalue weighted by atomic mass is 9.99. The van der Waals surface area contributed by atoms with Crippen LogP contribution in [-0.2, 0) is 30.4 Å². The van der Waals surface area contributed by atoms with Crippen molar-refractivity contribution in [1.29, 1.82) is 0 Å². The van der Waals surface area contributed by atoms with Gasteiger partial charge in [0, 0.05) is 43.9 Å².